The largest absolute Gasteiger partial charge is 0.366 e. The maximum Gasteiger partial charge on any atom is 0.183 e. The van der Waals surface area contributed by atoms with Crippen LogP contribution in [0.2, 0.25) is 0 Å². The van der Waals surface area contributed by atoms with Gasteiger partial charge in [-0.05, 0) is 25.1 Å². The van der Waals surface area contributed by atoms with E-state index in [0.29, 0.717) is 37.6 Å². The van der Waals surface area contributed by atoms with Crippen molar-refractivity contribution in [2.24, 2.45) is 13.0 Å². The number of ketones is 1. The Hall–Kier alpha value is -2.61. The highest BCUT2D eigenvalue weighted by molar-refractivity contribution is 5.95. The van der Waals surface area contributed by atoms with Crippen LogP contribution < -0.4 is 4.90 Å². The first-order valence-electron chi connectivity index (χ1n) is 9.29. The summed E-state index contributed by atoms with van der Waals surface area (Å²) in [4.78, 5) is 27.9. The van der Waals surface area contributed by atoms with E-state index in [1.165, 1.54) is 12.1 Å². The van der Waals surface area contributed by atoms with E-state index in [1.807, 2.05) is 11.8 Å². The minimum Gasteiger partial charge on any atom is -0.366 e. The number of Topliss-reactive ketones (excluding diaryl/α,β-unsaturated/α-hetero) is 1. The van der Waals surface area contributed by atoms with E-state index in [9.17, 15) is 18.4 Å². The van der Waals surface area contributed by atoms with E-state index in [4.69, 9.17) is 0 Å². The molecule has 1 aliphatic heterocycles. The number of carbonyl (C=O) groups excluding carboxylic acids is 2. The van der Waals surface area contributed by atoms with Crippen molar-refractivity contribution in [2.45, 2.75) is 19.4 Å². The normalized spacial score (nSPS) is 18.9. The van der Waals surface area contributed by atoms with Crippen molar-refractivity contribution in [3.8, 4) is 0 Å². The first-order chi connectivity index (χ1) is 13.4. The molecule has 0 N–H and O–H groups in total. The summed E-state index contributed by atoms with van der Waals surface area (Å²) in [5, 5.41) is 4.08. The maximum atomic E-state index is 13.5. The number of carbonyl (C=O) groups is 2. The van der Waals surface area contributed by atoms with Crippen LogP contribution in [0.5, 0.6) is 0 Å². The first-order valence-corrected chi connectivity index (χ1v) is 9.29. The molecule has 2 atom stereocenters. The zero-order valence-corrected chi connectivity index (χ0v) is 16.0. The lowest BCUT2D eigenvalue weighted by molar-refractivity contribution is -0.111. The number of nitrogens with zero attached hydrogens (tertiary/aromatic N) is 4. The maximum absolute atomic E-state index is 13.5. The van der Waals surface area contributed by atoms with Gasteiger partial charge in [0.05, 0.1) is 0 Å². The van der Waals surface area contributed by atoms with Gasteiger partial charge < -0.3 is 9.69 Å². The molecule has 6 nitrogen and oxygen atoms in total. The summed E-state index contributed by atoms with van der Waals surface area (Å²) in [6, 6.07) is 5.18. The van der Waals surface area contributed by atoms with E-state index >= 15 is 0 Å². The van der Waals surface area contributed by atoms with Gasteiger partial charge in [-0.1, -0.05) is 0 Å². The molecule has 3 rings (SSSR count). The molecule has 1 saturated heterocycles. The molecule has 2 aromatic rings. The third-order valence-corrected chi connectivity index (χ3v) is 5.02. The van der Waals surface area contributed by atoms with E-state index in [2.05, 4.69) is 10.00 Å². The molecular weight excluding hydrogens is 366 g/mol. The van der Waals surface area contributed by atoms with E-state index in [0.717, 1.165) is 12.4 Å². The number of anilines is 1. The predicted octanol–water partition coefficient (Wildman–Crippen LogP) is 2.30. The second-order valence-electron chi connectivity index (χ2n) is 7.33. The van der Waals surface area contributed by atoms with E-state index in [-0.39, 0.29) is 18.2 Å². The van der Waals surface area contributed by atoms with Crippen molar-refractivity contribution in [2.75, 3.05) is 31.1 Å². The Kier molecular flexibility index (Phi) is 6.18. The van der Waals surface area contributed by atoms with Gasteiger partial charge in [-0.2, -0.15) is 5.10 Å². The van der Waals surface area contributed by atoms with Crippen LogP contribution in [-0.2, 0) is 11.8 Å². The average Bonchev–Trinajstić information content (AvgIpc) is 3.07. The highest BCUT2D eigenvalue weighted by Gasteiger charge is 2.27. The number of hydrogen-bond donors (Lipinski definition) is 0. The standard InChI is InChI=1S/C20H24F2N4O2/c1-14-11-25(5-6-26(14)18-9-16(21)8-17(22)10-18)12-15(13-27)7-20(28)19-3-4-24(2)23-19/h3-4,8-10,13-15H,5-7,11-12H2,1-2H3/t14-,15?/m0/s1. The SMILES string of the molecule is C[C@H]1CN(CC(C=O)CC(=O)c2ccn(C)n2)CCN1c1cc(F)cc(F)c1. The fourth-order valence-corrected chi connectivity index (χ4v) is 3.68. The van der Waals surface area contributed by atoms with Gasteiger partial charge in [-0.3, -0.25) is 14.4 Å². The number of benzene rings is 1. The van der Waals surface area contributed by atoms with Gasteiger partial charge in [0.15, 0.2) is 5.78 Å². The third-order valence-electron chi connectivity index (χ3n) is 5.02. The molecule has 0 bridgehead atoms. The second kappa shape index (κ2) is 8.60. The number of halogens is 2. The van der Waals surface area contributed by atoms with Crippen molar-refractivity contribution >= 4 is 17.8 Å². The molecule has 1 aromatic heterocycles. The van der Waals surface area contributed by atoms with Crippen molar-refractivity contribution in [3.63, 3.8) is 0 Å². The number of aryl methyl sites for hydroxylation is 1. The number of piperazine rings is 1. The van der Waals surface area contributed by atoms with E-state index < -0.39 is 17.6 Å². The second-order valence-corrected chi connectivity index (χ2v) is 7.33. The Labute approximate surface area is 162 Å². The van der Waals surface area contributed by atoms with Crippen LogP contribution in [0, 0.1) is 17.6 Å². The molecule has 0 radical (unpaired) electrons. The topological polar surface area (TPSA) is 58.4 Å². The fraction of sp³-hybridized carbons (Fsp3) is 0.450. The average molecular weight is 390 g/mol. The molecule has 150 valence electrons. The molecular formula is C20H24F2N4O2. The lowest BCUT2D eigenvalue weighted by Crippen LogP contribution is -2.53. The summed E-state index contributed by atoms with van der Waals surface area (Å²) in [6.45, 7) is 4.32. The smallest absolute Gasteiger partial charge is 0.183 e. The van der Waals surface area contributed by atoms with Gasteiger partial charge in [-0.25, -0.2) is 8.78 Å². The van der Waals surface area contributed by atoms with Crippen molar-refractivity contribution in [1.29, 1.82) is 0 Å². The van der Waals surface area contributed by atoms with E-state index in [1.54, 1.807) is 24.0 Å². The summed E-state index contributed by atoms with van der Waals surface area (Å²) in [5.74, 6) is -1.77. The minimum atomic E-state index is -0.598. The van der Waals surface area contributed by atoms with Crippen LogP contribution in [0.25, 0.3) is 0 Å². The molecule has 1 fully saturated rings. The molecule has 0 spiro atoms. The Morgan fingerprint density at radius 2 is 2.00 bits per heavy atom. The summed E-state index contributed by atoms with van der Waals surface area (Å²) in [6.07, 6.45) is 2.63. The Morgan fingerprint density at radius 3 is 2.57 bits per heavy atom. The Balaban J connectivity index is 1.58. The number of aldehydes is 1. The molecule has 1 aliphatic rings. The van der Waals surface area contributed by atoms with Gasteiger partial charge in [0, 0.05) is 69.6 Å². The molecule has 8 heteroatoms. The van der Waals surface area contributed by atoms with Crippen LogP contribution in [0.15, 0.2) is 30.5 Å². The summed E-state index contributed by atoms with van der Waals surface area (Å²) in [5.41, 5.74) is 0.877. The fourth-order valence-electron chi connectivity index (χ4n) is 3.68. The van der Waals surface area contributed by atoms with Gasteiger partial charge in [0.1, 0.15) is 23.6 Å². The first kappa shape index (κ1) is 20.1. The van der Waals surface area contributed by atoms with Gasteiger partial charge in [0.25, 0.3) is 0 Å². The summed E-state index contributed by atoms with van der Waals surface area (Å²) < 4.78 is 28.6. The summed E-state index contributed by atoms with van der Waals surface area (Å²) >= 11 is 0. The van der Waals surface area contributed by atoms with Gasteiger partial charge in [-0.15, -0.1) is 0 Å². The molecule has 1 aromatic carbocycles. The van der Waals surface area contributed by atoms with Crippen LogP contribution in [0.4, 0.5) is 14.5 Å². The lowest BCUT2D eigenvalue weighted by Gasteiger charge is -2.42. The van der Waals surface area contributed by atoms with Crippen molar-refractivity contribution in [3.05, 3.63) is 47.8 Å². The van der Waals surface area contributed by atoms with Crippen LogP contribution in [-0.4, -0.2) is 59.0 Å². The Bertz CT molecular complexity index is 834. The van der Waals surface area contributed by atoms with Gasteiger partial charge in [0.2, 0.25) is 0 Å². The molecule has 1 unspecified atom stereocenters. The Morgan fingerprint density at radius 1 is 1.29 bits per heavy atom. The predicted molar refractivity (Wildman–Crippen MR) is 101 cm³/mol. The zero-order chi connectivity index (χ0) is 20.3. The molecule has 2 heterocycles. The minimum absolute atomic E-state index is 0.0220. The van der Waals surface area contributed by atoms with Crippen LogP contribution in [0.1, 0.15) is 23.8 Å². The highest BCUT2D eigenvalue weighted by Crippen LogP contribution is 2.23. The molecule has 0 saturated carbocycles. The van der Waals surface area contributed by atoms with Crippen LogP contribution >= 0.6 is 0 Å². The molecule has 28 heavy (non-hydrogen) atoms. The number of aromatic nitrogens is 2. The monoisotopic (exact) mass is 390 g/mol. The zero-order valence-electron chi connectivity index (χ0n) is 16.0. The summed E-state index contributed by atoms with van der Waals surface area (Å²) in [7, 11) is 1.74. The van der Waals surface area contributed by atoms with Crippen molar-refractivity contribution < 1.29 is 18.4 Å². The highest BCUT2D eigenvalue weighted by atomic mass is 19.1. The quantitative estimate of drug-likeness (QED) is 0.536. The lowest BCUT2D eigenvalue weighted by atomic mass is 10.0. The van der Waals surface area contributed by atoms with Crippen molar-refractivity contribution in [1.82, 2.24) is 14.7 Å². The van der Waals surface area contributed by atoms with Gasteiger partial charge >= 0.3 is 0 Å². The van der Waals surface area contributed by atoms with Crippen LogP contribution in [0.3, 0.4) is 0 Å². The third kappa shape index (κ3) is 4.81. The molecule has 0 aliphatic carbocycles. The molecule has 0 amide bonds. The number of hydrogen-bond acceptors (Lipinski definition) is 5. The number of rotatable bonds is 7.